The van der Waals surface area contributed by atoms with E-state index in [1.54, 1.807) is 0 Å². The number of amides is 1. The van der Waals surface area contributed by atoms with Crippen molar-refractivity contribution in [2.24, 2.45) is 11.8 Å². The van der Waals surface area contributed by atoms with Crippen LogP contribution in [0.25, 0.3) is 10.9 Å². The molecule has 0 radical (unpaired) electrons. The Morgan fingerprint density at radius 3 is 2.78 bits per heavy atom. The Morgan fingerprint density at radius 1 is 1.28 bits per heavy atom. The average molecular weight is 517 g/mol. The van der Waals surface area contributed by atoms with E-state index in [-0.39, 0.29) is 23.7 Å². The second-order valence-corrected chi connectivity index (χ2v) is 11.0. The summed E-state index contributed by atoms with van der Waals surface area (Å²) in [6.45, 7) is 9.82. The van der Waals surface area contributed by atoms with Gasteiger partial charge < -0.3 is 20.4 Å². The number of hydrogen-bond acceptors (Lipinski definition) is 4. The van der Waals surface area contributed by atoms with Crippen LogP contribution in [0.3, 0.4) is 0 Å². The van der Waals surface area contributed by atoms with E-state index in [4.69, 9.17) is 16.3 Å². The lowest BCUT2D eigenvalue weighted by Gasteiger charge is -2.32. The molecule has 1 aliphatic heterocycles. The van der Waals surface area contributed by atoms with E-state index in [1.807, 2.05) is 0 Å². The molecule has 1 saturated carbocycles. The number of hydrogen-bond donors (Lipinski definition) is 3. The molecular formula is C28H38ClFN4O2. The first-order valence-electron chi connectivity index (χ1n) is 13.5. The van der Waals surface area contributed by atoms with E-state index >= 15 is 0 Å². The number of ether oxygens (including phenoxy) is 1. The highest BCUT2D eigenvalue weighted by molar-refractivity contribution is 6.35. The van der Waals surface area contributed by atoms with Gasteiger partial charge in [0, 0.05) is 48.9 Å². The number of nitrogens with zero attached hydrogens (tertiary/aromatic N) is 1. The zero-order valence-corrected chi connectivity index (χ0v) is 22.1. The summed E-state index contributed by atoms with van der Waals surface area (Å²) in [4.78, 5) is 19.4. The number of fused-ring (bicyclic) bond motifs is 3. The van der Waals surface area contributed by atoms with Crippen LogP contribution in [0.15, 0.2) is 23.4 Å². The van der Waals surface area contributed by atoms with Gasteiger partial charge in [-0.3, -0.25) is 9.69 Å². The van der Waals surface area contributed by atoms with Crippen molar-refractivity contribution in [1.82, 2.24) is 20.5 Å². The van der Waals surface area contributed by atoms with Crippen molar-refractivity contribution in [2.75, 3.05) is 39.4 Å². The van der Waals surface area contributed by atoms with Crippen molar-refractivity contribution in [3.05, 3.63) is 45.5 Å². The molecule has 2 aromatic rings. The first-order chi connectivity index (χ1) is 17.4. The molecule has 1 aromatic carbocycles. The summed E-state index contributed by atoms with van der Waals surface area (Å²) in [7, 11) is 0. The lowest BCUT2D eigenvalue weighted by molar-refractivity contribution is -0.126. The van der Waals surface area contributed by atoms with E-state index < -0.39 is 0 Å². The van der Waals surface area contributed by atoms with Gasteiger partial charge >= 0.3 is 0 Å². The molecule has 1 aromatic heterocycles. The molecule has 0 bridgehead atoms. The fourth-order valence-corrected chi connectivity index (χ4v) is 5.88. The van der Waals surface area contributed by atoms with Crippen molar-refractivity contribution in [3.63, 3.8) is 0 Å². The zero-order valence-electron chi connectivity index (χ0n) is 21.4. The molecule has 6 nitrogen and oxygen atoms in total. The van der Waals surface area contributed by atoms with Gasteiger partial charge in [-0.1, -0.05) is 31.9 Å². The molecule has 2 unspecified atom stereocenters. The number of benzene rings is 1. The van der Waals surface area contributed by atoms with Crippen LogP contribution in [0.5, 0.6) is 0 Å². The number of allylic oxidation sites excluding steroid dienone is 1. The molecule has 0 spiro atoms. The molecular weight excluding hydrogens is 479 g/mol. The van der Waals surface area contributed by atoms with Crippen molar-refractivity contribution in [1.29, 1.82) is 0 Å². The van der Waals surface area contributed by atoms with E-state index in [2.05, 4.69) is 34.4 Å². The molecule has 3 atom stereocenters. The Bertz CT molecular complexity index is 1130. The highest BCUT2D eigenvalue weighted by Gasteiger charge is 2.33. The van der Waals surface area contributed by atoms with Crippen molar-refractivity contribution < 1.29 is 13.9 Å². The fourth-order valence-electron chi connectivity index (χ4n) is 5.63. The van der Waals surface area contributed by atoms with Gasteiger partial charge in [0.1, 0.15) is 5.82 Å². The Balaban J connectivity index is 1.28. The predicted molar refractivity (Wildman–Crippen MR) is 142 cm³/mol. The highest BCUT2D eigenvalue weighted by Crippen LogP contribution is 2.37. The van der Waals surface area contributed by atoms with Crippen molar-refractivity contribution in [3.8, 4) is 0 Å². The van der Waals surface area contributed by atoms with Crippen LogP contribution in [-0.4, -0.2) is 61.2 Å². The zero-order chi connectivity index (χ0) is 25.2. The monoisotopic (exact) mass is 516 g/mol. The number of morpholine rings is 1. The van der Waals surface area contributed by atoms with Gasteiger partial charge in [0.15, 0.2) is 0 Å². The van der Waals surface area contributed by atoms with E-state index in [0.29, 0.717) is 17.4 Å². The standard InChI is InChI=1S/C28H38ClFN4O2/c1-3-17(2)25(26(18-4-5-18)31-8-9-34-10-12-36-13-11-34)33-28(35)19-6-7-24-21(14-19)22-15-20(30)16-23(29)27(22)32-24/h15-17,19,25,31-32H,3-14H2,1-2H3,(H,33,35)/t17-,19?,25?/m0/s1. The second kappa shape index (κ2) is 11.1. The number of H-pyrrole nitrogens is 1. The molecule has 2 fully saturated rings. The van der Waals surface area contributed by atoms with Gasteiger partial charge in [-0.15, -0.1) is 0 Å². The molecule has 2 aliphatic carbocycles. The third kappa shape index (κ3) is 5.58. The maximum atomic E-state index is 14.1. The van der Waals surface area contributed by atoms with Gasteiger partial charge in [0.2, 0.25) is 5.91 Å². The van der Waals surface area contributed by atoms with E-state index in [0.717, 1.165) is 93.7 Å². The number of aryl methyl sites for hydroxylation is 1. The molecule has 8 heteroatoms. The predicted octanol–water partition coefficient (Wildman–Crippen LogP) is 4.57. The minimum absolute atomic E-state index is 0.0130. The maximum Gasteiger partial charge on any atom is 0.224 e. The SMILES string of the molecule is CC[C@H](C)C(NC(=O)C1CCc2[nH]c3c(Cl)cc(F)cc3c2C1)C(NCCN1CCOCC1)=C1CC1. The van der Waals surface area contributed by atoms with Crippen LogP contribution >= 0.6 is 11.6 Å². The topological polar surface area (TPSA) is 69.4 Å². The molecule has 36 heavy (non-hydrogen) atoms. The average Bonchev–Trinajstić information content (AvgIpc) is 3.66. The number of halogens is 2. The fraction of sp³-hybridized carbons (Fsp3) is 0.607. The van der Waals surface area contributed by atoms with Gasteiger partial charge in [-0.05, 0) is 61.3 Å². The summed E-state index contributed by atoms with van der Waals surface area (Å²) < 4.78 is 19.6. The van der Waals surface area contributed by atoms with E-state index in [1.165, 1.54) is 23.4 Å². The summed E-state index contributed by atoms with van der Waals surface area (Å²) in [5.74, 6) is -0.0601. The largest absolute Gasteiger partial charge is 0.385 e. The highest BCUT2D eigenvalue weighted by atomic mass is 35.5. The molecule has 5 rings (SSSR count). The minimum Gasteiger partial charge on any atom is -0.385 e. The quantitative estimate of drug-likeness (QED) is 0.457. The Kier molecular flexibility index (Phi) is 7.89. The number of carbonyl (C=O) groups excluding carboxylic acids is 1. The van der Waals surface area contributed by atoms with Crippen molar-refractivity contribution in [2.45, 2.75) is 58.4 Å². The Hall–Kier alpha value is -2.09. The third-order valence-electron chi connectivity index (χ3n) is 8.13. The third-order valence-corrected chi connectivity index (χ3v) is 8.43. The van der Waals surface area contributed by atoms with Crippen LogP contribution in [0.4, 0.5) is 4.39 Å². The first kappa shape index (κ1) is 25.6. The van der Waals surface area contributed by atoms with Gasteiger partial charge in [-0.25, -0.2) is 4.39 Å². The number of aromatic nitrogens is 1. The van der Waals surface area contributed by atoms with Crippen LogP contribution in [0, 0.1) is 17.7 Å². The van der Waals surface area contributed by atoms with Crippen molar-refractivity contribution >= 4 is 28.4 Å². The summed E-state index contributed by atoms with van der Waals surface area (Å²) in [5, 5.41) is 8.35. The summed E-state index contributed by atoms with van der Waals surface area (Å²) in [5.41, 5.74) is 5.54. The van der Waals surface area contributed by atoms with Crippen LogP contribution in [0.1, 0.15) is 50.8 Å². The number of rotatable bonds is 9. The molecule has 3 N–H and O–H groups in total. The molecule has 1 amide bonds. The summed E-state index contributed by atoms with van der Waals surface area (Å²) in [6, 6.07) is 2.86. The number of carbonyl (C=O) groups is 1. The second-order valence-electron chi connectivity index (χ2n) is 10.6. The van der Waals surface area contributed by atoms with Gasteiger partial charge in [0.25, 0.3) is 0 Å². The number of nitrogens with one attached hydrogen (secondary N) is 3. The normalized spacial score (nSPS) is 21.7. The van der Waals surface area contributed by atoms with Gasteiger partial charge in [-0.2, -0.15) is 0 Å². The summed E-state index contributed by atoms with van der Waals surface area (Å²) >= 11 is 6.29. The molecule has 2 heterocycles. The minimum atomic E-state index is -0.346. The molecule has 196 valence electrons. The lowest BCUT2D eigenvalue weighted by Crippen LogP contribution is -2.48. The smallest absolute Gasteiger partial charge is 0.224 e. The maximum absolute atomic E-state index is 14.1. The van der Waals surface area contributed by atoms with Crippen LogP contribution in [0.2, 0.25) is 5.02 Å². The Labute approximate surface area is 218 Å². The first-order valence-corrected chi connectivity index (χ1v) is 13.9. The van der Waals surface area contributed by atoms with Crippen LogP contribution < -0.4 is 10.6 Å². The Morgan fingerprint density at radius 2 is 2.06 bits per heavy atom. The molecule has 1 saturated heterocycles. The van der Waals surface area contributed by atoms with Crippen LogP contribution in [-0.2, 0) is 22.4 Å². The molecule has 3 aliphatic rings. The van der Waals surface area contributed by atoms with E-state index in [9.17, 15) is 9.18 Å². The number of aromatic amines is 1. The lowest BCUT2D eigenvalue weighted by atomic mass is 9.85. The van der Waals surface area contributed by atoms with Gasteiger partial charge in [0.05, 0.1) is 29.8 Å². The summed E-state index contributed by atoms with van der Waals surface area (Å²) in [6.07, 6.45) is 5.34.